The Hall–Kier alpha value is -1.59. The van der Waals surface area contributed by atoms with Gasteiger partial charge in [0.05, 0.1) is 5.69 Å². The third kappa shape index (κ3) is 5.22. The molecule has 1 N–H and O–H groups in total. The first-order valence-electron chi connectivity index (χ1n) is 7.68. The summed E-state index contributed by atoms with van der Waals surface area (Å²) in [5.41, 5.74) is 1.64. The number of rotatable bonds is 7. The molecule has 0 unspecified atom stereocenters. The van der Waals surface area contributed by atoms with Gasteiger partial charge in [-0.05, 0) is 36.8 Å². The molecular weight excluding hydrogens is 330 g/mol. The molecule has 0 aromatic carbocycles. The van der Waals surface area contributed by atoms with Crippen molar-refractivity contribution in [2.75, 3.05) is 6.54 Å². The molecule has 6 heteroatoms. The van der Waals surface area contributed by atoms with E-state index in [2.05, 4.69) is 30.3 Å². The van der Waals surface area contributed by atoms with Gasteiger partial charge in [0.2, 0.25) is 5.91 Å². The number of aromatic nitrogens is 2. The molecule has 0 bridgehead atoms. The van der Waals surface area contributed by atoms with Crippen LogP contribution in [0.2, 0.25) is 5.15 Å². The van der Waals surface area contributed by atoms with Gasteiger partial charge in [0, 0.05) is 29.6 Å². The zero-order valence-electron chi connectivity index (χ0n) is 13.7. The number of hydrogen-bond acceptors (Lipinski definition) is 3. The van der Waals surface area contributed by atoms with Gasteiger partial charge >= 0.3 is 0 Å². The van der Waals surface area contributed by atoms with E-state index in [1.165, 1.54) is 11.0 Å². The summed E-state index contributed by atoms with van der Waals surface area (Å²) in [6.07, 6.45) is 4.11. The van der Waals surface area contributed by atoms with Crippen molar-refractivity contribution in [1.29, 1.82) is 0 Å². The molecule has 0 saturated carbocycles. The van der Waals surface area contributed by atoms with Crippen molar-refractivity contribution >= 4 is 34.9 Å². The number of nitrogens with one attached hydrogen (secondary N) is 1. The third-order valence-electron chi connectivity index (χ3n) is 3.30. The number of hydrogen-bond donors (Lipinski definition) is 1. The largest absolute Gasteiger partial charge is 0.352 e. The minimum absolute atomic E-state index is 0.117. The van der Waals surface area contributed by atoms with Gasteiger partial charge in [-0.25, -0.2) is 0 Å². The second kappa shape index (κ2) is 8.31. The van der Waals surface area contributed by atoms with Crippen LogP contribution in [-0.2, 0) is 17.8 Å². The predicted octanol–water partition coefficient (Wildman–Crippen LogP) is 3.93. The summed E-state index contributed by atoms with van der Waals surface area (Å²) in [6, 6.07) is 4.08. The number of amides is 1. The summed E-state index contributed by atoms with van der Waals surface area (Å²) in [5.74, 6) is 0.345. The smallest absolute Gasteiger partial charge is 0.244 e. The van der Waals surface area contributed by atoms with Gasteiger partial charge in [-0.1, -0.05) is 31.5 Å². The van der Waals surface area contributed by atoms with Crippen molar-refractivity contribution in [1.82, 2.24) is 15.1 Å². The van der Waals surface area contributed by atoms with Gasteiger partial charge in [-0.15, -0.1) is 11.3 Å². The second-order valence-corrected chi connectivity index (χ2v) is 7.21. The Bertz CT molecular complexity index is 674. The lowest BCUT2D eigenvalue weighted by molar-refractivity contribution is -0.116. The van der Waals surface area contributed by atoms with Crippen molar-refractivity contribution < 1.29 is 4.79 Å². The molecule has 1 amide bonds. The molecule has 0 aliphatic carbocycles. The van der Waals surface area contributed by atoms with Gasteiger partial charge in [-0.2, -0.15) is 5.10 Å². The molecule has 4 nitrogen and oxygen atoms in total. The Morgan fingerprint density at radius 3 is 2.96 bits per heavy atom. The van der Waals surface area contributed by atoms with Gasteiger partial charge < -0.3 is 5.32 Å². The van der Waals surface area contributed by atoms with E-state index in [9.17, 15) is 4.79 Å². The molecule has 2 heterocycles. The molecule has 124 valence electrons. The maximum atomic E-state index is 11.9. The molecule has 0 fully saturated rings. The fourth-order valence-electron chi connectivity index (χ4n) is 2.21. The van der Waals surface area contributed by atoms with Crippen LogP contribution in [0.1, 0.15) is 30.0 Å². The highest BCUT2D eigenvalue weighted by atomic mass is 35.5. The molecule has 0 aliphatic rings. The summed E-state index contributed by atoms with van der Waals surface area (Å²) in [6.45, 7) is 7.52. The van der Waals surface area contributed by atoms with Crippen LogP contribution in [0.4, 0.5) is 0 Å². The number of carbonyl (C=O) groups excluding carboxylic acids is 1. The molecule has 2 aromatic heterocycles. The monoisotopic (exact) mass is 351 g/mol. The lowest BCUT2D eigenvalue weighted by Crippen LogP contribution is -2.23. The highest BCUT2D eigenvalue weighted by Gasteiger charge is 2.12. The van der Waals surface area contributed by atoms with Gasteiger partial charge in [0.15, 0.2) is 0 Å². The molecule has 0 atom stereocenters. The van der Waals surface area contributed by atoms with E-state index in [1.807, 2.05) is 18.4 Å². The van der Waals surface area contributed by atoms with Crippen LogP contribution >= 0.6 is 22.9 Å². The SMILES string of the molecule is Cc1nn(CC(C)C)c(Cl)c1C=CC(=O)NCCc1cccs1. The molecule has 0 saturated heterocycles. The van der Waals surface area contributed by atoms with E-state index in [-0.39, 0.29) is 5.91 Å². The average Bonchev–Trinajstić information content (AvgIpc) is 3.07. The Morgan fingerprint density at radius 1 is 1.52 bits per heavy atom. The first kappa shape index (κ1) is 17.8. The van der Waals surface area contributed by atoms with E-state index in [4.69, 9.17) is 11.6 Å². The summed E-state index contributed by atoms with van der Waals surface area (Å²) in [5, 5.41) is 9.93. The van der Waals surface area contributed by atoms with Crippen LogP contribution in [0.3, 0.4) is 0 Å². The van der Waals surface area contributed by atoms with E-state index in [0.717, 1.165) is 24.2 Å². The lowest BCUT2D eigenvalue weighted by atomic mass is 10.2. The number of halogens is 1. The van der Waals surface area contributed by atoms with Gasteiger partial charge in [0.25, 0.3) is 0 Å². The standard InChI is InChI=1S/C17H22ClN3OS/c1-12(2)11-21-17(18)15(13(3)20-21)6-7-16(22)19-9-8-14-5-4-10-23-14/h4-7,10,12H,8-9,11H2,1-3H3,(H,19,22). The van der Waals surface area contributed by atoms with Crippen LogP contribution in [0, 0.1) is 12.8 Å². The first-order chi connectivity index (χ1) is 11.0. The normalized spacial score (nSPS) is 11.5. The van der Waals surface area contributed by atoms with E-state index >= 15 is 0 Å². The van der Waals surface area contributed by atoms with E-state index in [0.29, 0.717) is 17.6 Å². The Labute approximate surface area is 146 Å². The van der Waals surface area contributed by atoms with Crippen molar-refractivity contribution in [3.05, 3.63) is 44.9 Å². The maximum absolute atomic E-state index is 11.9. The van der Waals surface area contributed by atoms with Gasteiger partial charge in [-0.3, -0.25) is 9.48 Å². The zero-order chi connectivity index (χ0) is 16.8. The van der Waals surface area contributed by atoms with Crippen LogP contribution in [0.15, 0.2) is 23.6 Å². The van der Waals surface area contributed by atoms with Crippen molar-refractivity contribution in [3.8, 4) is 0 Å². The molecule has 0 aliphatic heterocycles. The Kier molecular flexibility index (Phi) is 6.42. The van der Waals surface area contributed by atoms with Crippen molar-refractivity contribution in [3.63, 3.8) is 0 Å². The number of thiophene rings is 1. The fourth-order valence-corrected chi connectivity index (χ4v) is 3.22. The van der Waals surface area contributed by atoms with Crippen LogP contribution < -0.4 is 5.32 Å². The minimum Gasteiger partial charge on any atom is -0.352 e. The topological polar surface area (TPSA) is 46.9 Å². The fraction of sp³-hybridized carbons (Fsp3) is 0.412. The quantitative estimate of drug-likeness (QED) is 0.768. The number of nitrogens with zero attached hydrogens (tertiary/aromatic N) is 2. The first-order valence-corrected chi connectivity index (χ1v) is 8.94. The summed E-state index contributed by atoms with van der Waals surface area (Å²) < 4.78 is 1.79. The summed E-state index contributed by atoms with van der Waals surface area (Å²) >= 11 is 8.05. The van der Waals surface area contributed by atoms with Crippen LogP contribution in [0.5, 0.6) is 0 Å². The van der Waals surface area contributed by atoms with Crippen LogP contribution in [-0.4, -0.2) is 22.2 Å². The zero-order valence-corrected chi connectivity index (χ0v) is 15.2. The number of aryl methyl sites for hydroxylation is 1. The molecule has 0 radical (unpaired) electrons. The van der Waals surface area contributed by atoms with Crippen LogP contribution in [0.25, 0.3) is 6.08 Å². The highest BCUT2D eigenvalue weighted by Crippen LogP contribution is 2.22. The second-order valence-electron chi connectivity index (χ2n) is 5.82. The summed E-state index contributed by atoms with van der Waals surface area (Å²) in [4.78, 5) is 13.2. The Morgan fingerprint density at radius 2 is 2.30 bits per heavy atom. The van der Waals surface area contributed by atoms with Crippen molar-refractivity contribution in [2.24, 2.45) is 5.92 Å². The Balaban J connectivity index is 1.91. The molecule has 0 spiro atoms. The highest BCUT2D eigenvalue weighted by molar-refractivity contribution is 7.09. The predicted molar refractivity (Wildman–Crippen MR) is 96.9 cm³/mol. The molecule has 2 rings (SSSR count). The molecule has 2 aromatic rings. The van der Waals surface area contributed by atoms with E-state index in [1.54, 1.807) is 22.1 Å². The lowest BCUT2D eigenvalue weighted by Gasteiger charge is -2.05. The van der Waals surface area contributed by atoms with Gasteiger partial charge in [0.1, 0.15) is 5.15 Å². The summed E-state index contributed by atoms with van der Waals surface area (Å²) in [7, 11) is 0. The van der Waals surface area contributed by atoms with E-state index < -0.39 is 0 Å². The molecule has 23 heavy (non-hydrogen) atoms. The van der Waals surface area contributed by atoms with Crippen molar-refractivity contribution in [2.45, 2.75) is 33.7 Å². The maximum Gasteiger partial charge on any atom is 0.244 e. The average molecular weight is 352 g/mol. The third-order valence-corrected chi connectivity index (χ3v) is 4.63. The molecular formula is C17H22ClN3OS. The number of carbonyl (C=O) groups is 1. The minimum atomic E-state index is -0.117.